The Kier molecular flexibility index (Phi) is 5.49. The van der Waals surface area contributed by atoms with Crippen molar-refractivity contribution in [2.24, 2.45) is 0 Å². The second-order valence-electron chi connectivity index (χ2n) is 3.95. The van der Waals surface area contributed by atoms with Crippen molar-refractivity contribution in [1.82, 2.24) is 0 Å². The van der Waals surface area contributed by atoms with E-state index < -0.39 is 12.1 Å². The Morgan fingerprint density at radius 1 is 1.29 bits per heavy atom. The fourth-order valence-electron chi connectivity index (χ4n) is 1.58. The van der Waals surface area contributed by atoms with Crippen LogP contribution in [-0.4, -0.2) is 29.4 Å². The van der Waals surface area contributed by atoms with Gasteiger partial charge in [-0.15, -0.1) is 0 Å². The highest BCUT2D eigenvalue weighted by molar-refractivity contribution is 5.74. The van der Waals surface area contributed by atoms with Crippen LogP contribution in [0.5, 0.6) is 5.75 Å². The number of esters is 1. The first-order chi connectivity index (χ1) is 8.13. The number of phenols is 1. The third-order valence-electron chi connectivity index (χ3n) is 2.60. The van der Waals surface area contributed by atoms with Gasteiger partial charge in [0.25, 0.3) is 0 Å². The molecule has 1 atom stereocenters. The molecule has 2 N–H and O–H groups in total. The normalized spacial score (nSPS) is 12.1. The number of carbonyl (C=O) groups is 1. The summed E-state index contributed by atoms with van der Waals surface area (Å²) in [6.45, 7) is 0. The number of hydrogen-bond acceptors (Lipinski definition) is 4. The number of aliphatic hydroxyl groups excluding tert-OH is 1. The Morgan fingerprint density at radius 3 is 2.53 bits per heavy atom. The molecule has 0 radical (unpaired) electrons. The summed E-state index contributed by atoms with van der Waals surface area (Å²) in [7, 11) is 1.27. The van der Waals surface area contributed by atoms with Crippen molar-refractivity contribution in [2.75, 3.05) is 7.11 Å². The minimum absolute atomic E-state index is 0.259. The fraction of sp³-hybridized carbons (Fsp3) is 0.462. The van der Waals surface area contributed by atoms with Crippen LogP contribution in [0.2, 0.25) is 0 Å². The number of methoxy groups -OCH3 is 1. The van der Waals surface area contributed by atoms with E-state index in [1.165, 1.54) is 7.11 Å². The maximum atomic E-state index is 10.9. The number of aromatic hydroxyl groups is 1. The van der Waals surface area contributed by atoms with E-state index in [0.717, 1.165) is 24.8 Å². The van der Waals surface area contributed by atoms with Crippen LogP contribution in [0, 0.1) is 0 Å². The Labute approximate surface area is 101 Å². The van der Waals surface area contributed by atoms with Crippen molar-refractivity contribution in [3.8, 4) is 5.75 Å². The predicted molar refractivity (Wildman–Crippen MR) is 63.7 cm³/mol. The maximum absolute atomic E-state index is 10.9. The second-order valence-corrected chi connectivity index (χ2v) is 3.95. The van der Waals surface area contributed by atoms with Crippen LogP contribution >= 0.6 is 0 Å². The largest absolute Gasteiger partial charge is 0.508 e. The zero-order valence-electron chi connectivity index (χ0n) is 9.93. The van der Waals surface area contributed by atoms with Crippen LogP contribution in [0.4, 0.5) is 0 Å². The summed E-state index contributed by atoms with van der Waals surface area (Å²) in [5.41, 5.74) is 1.13. The molecule has 4 nitrogen and oxygen atoms in total. The van der Waals surface area contributed by atoms with Crippen molar-refractivity contribution < 1.29 is 19.7 Å². The molecular weight excluding hydrogens is 220 g/mol. The second kappa shape index (κ2) is 6.91. The van der Waals surface area contributed by atoms with Crippen molar-refractivity contribution in [1.29, 1.82) is 0 Å². The van der Waals surface area contributed by atoms with Gasteiger partial charge < -0.3 is 14.9 Å². The molecule has 1 rings (SSSR count). The average Bonchev–Trinajstić information content (AvgIpc) is 2.35. The maximum Gasteiger partial charge on any atom is 0.334 e. The molecule has 0 spiro atoms. The summed E-state index contributed by atoms with van der Waals surface area (Å²) in [4.78, 5) is 10.9. The molecule has 17 heavy (non-hydrogen) atoms. The number of phenolic OH excluding ortho intramolecular Hbond substituents is 1. The molecule has 1 aromatic rings. The minimum Gasteiger partial charge on any atom is -0.508 e. The van der Waals surface area contributed by atoms with E-state index in [9.17, 15) is 9.90 Å². The molecule has 1 unspecified atom stereocenters. The van der Waals surface area contributed by atoms with Gasteiger partial charge in [-0.3, -0.25) is 0 Å². The third-order valence-corrected chi connectivity index (χ3v) is 2.60. The van der Waals surface area contributed by atoms with Gasteiger partial charge in [-0.05, 0) is 43.4 Å². The number of carbonyl (C=O) groups excluding carboxylic acids is 1. The Balaban J connectivity index is 2.20. The Bertz CT molecular complexity index is 345. The van der Waals surface area contributed by atoms with Crippen molar-refractivity contribution in [3.63, 3.8) is 0 Å². The highest BCUT2D eigenvalue weighted by Gasteiger charge is 2.13. The molecule has 0 aromatic heterocycles. The topological polar surface area (TPSA) is 66.8 Å². The molecule has 1 aromatic carbocycles. The highest BCUT2D eigenvalue weighted by Crippen LogP contribution is 2.13. The van der Waals surface area contributed by atoms with Gasteiger partial charge in [-0.25, -0.2) is 4.79 Å². The molecule has 0 saturated heterocycles. The van der Waals surface area contributed by atoms with Crippen LogP contribution in [0.3, 0.4) is 0 Å². The lowest BCUT2D eigenvalue weighted by Gasteiger charge is -2.07. The molecular formula is C13H18O4. The molecule has 0 amide bonds. The van der Waals surface area contributed by atoms with E-state index >= 15 is 0 Å². The summed E-state index contributed by atoms with van der Waals surface area (Å²) in [6.07, 6.45) is 1.93. The number of rotatable bonds is 6. The molecule has 0 saturated carbocycles. The summed E-state index contributed by atoms with van der Waals surface area (Å²) >= 11 is 0. The zero-order chi connectivity index (χ0) is 12.7. The molecule has 0 aliphatic heterocycles. The molecule has 4 heteroatoms. The molecule has 0 heterocycles. The van der Waals surface area contributed by atoms with Crippen LogP contribution < -0.4 is 0 Å². The van der Waals surface area contributed by atoms with Crippen LogP contribution in [-0.2, 0) is 16.0 Å². The van der Waals surface area contributed by atoms with Gasteiger partial charge >= 0.3 is 5.97 Å². The van der Waals surface area contributed by atoms with Crippen LogP contribution in [0.1, 0.15) is 24.8 Å². The molecule has 0 aliphatic rings. The van der Waals surface area contributed by atoms with Gasteiger partial charge in [0.15, 0.2) is 6.10 Å². The summed E-state index contributed by atoms with van der Waals surface area (Å²) < 4.78 is 4.42. The van der Waals surface area contributed by atoms with E-state index in [0.29, 0.717) is 6.42 Å². The van der Waals surface area contributed by atoms with E-state index in [1.54, 1.807) is 12.1 Å². The van der Waals surface area contributed by atoms with Crippen molar-refractivity contribution in [3.05, 3.63) is 29.8 Å². The van der Waals surface area contributed by atoms with Gasteiger partial charge in [-0.2, -0.15) is 0 Å². The van der Waals surface area contributed by atoms with Gasteiger partial charge in [-0.1, -0.05) is 12.1 Å². The number of aryl methyl sites for hydroxylation is 1. The first-order valence-electron chi connectivity index (χ1n) is 5.67. The predicted octanol–water partition coefficient (Wildman–Crippen LogP) is 1.64. The van der Waals surface area contributed by atoms with Gasteiger partial charge in [0.05, 0.1) is 7.11 Å². The van der Waals surface area contributed by atoms with E-state index in [-0.39, 0.29) is 5.75 Å². The average molecular weight is 238 g/mol. The number of unbranched alkanes of at least 4 members (excludes halogenated alkanes) is 1. The molecule has 0 aliphatic carbocycles. The van der Waals surface area contributed by atoms with Crippen molar-refractivity contribution >= 4 is 5.97 Å². The lowest BCUT2D eigenvalue weighted by molar-refractivity contribution is -0.150. The van der Waals surface area contributed by atoms with Gasteiger partial charge in [0.1, 0.15) is 5.75 Å². The van der Waals surface area contributed by atoms with E-state index in [1.807, 2.05) is 12.1 Å². The molecule has 0 fully saturated rings. The van der Waals surface area contributed by atoms with Gasteiger partial charge in [0, 0.05) is 0 Å². The third kappa shape index (κ3) is 4.87. The van der Waals surface area contributed by atoms with Crippen LogP contribution in [0.25, 0.3) is 0 Å². The number of benzene rings is 1. The Hall–Kier alpha value is -1.55. The van der Waals surface area contributed by atoms with Crippen molar-refractivity contribution in [2.45, 2.75) is 31.8 Å². The SMILES string of the molecule is COC(=O)C(O)CCCCc1ccc(O)cc1. The van der Waals surface area contributed by atoms with Crippen LogP contribution in [0.15, 0.2) is 24.3 Å². The lowest BCUT2D eigenvalue weighted by Crippen LogP contribution is -2.21. The van der Waals surface area contributed by atoms with E-state index in [4.69, 9.17) is 5.11 Å². The summed E-state index contributed by atoms with van der Waals surface area (Å²) in [6, 6.07) is 7.04. The number of ether oxygens (including phenoxy) is 1. The first-order valence-corrected chi connectivity index (χ1v) is 5.67. The number of hydrogen-bond donors (Lipinski definition) is 2. The van der Waals surface area contributed by atoms with E-state index in [2.05, 4.69) is 4.74 Å². The summed E-state index contributed by atoms with van der Waals surface area (Å²) in [5.74, 6) is -0.315. The minimum atomic E-state index is -1.01. The molecule has 0 bridgehead atoms. The quantitative estimate of drug-likeness (QED) is 0.584. The molecule has 94 valence electrons. The highest BCUT2D eigenvalue weighted by atomic mass is 16.5. The smallest absolute Gasteiger partial charge is 0.334 e. The van der Waals surface area contributed by atoms with Gasteiger partial charge in [0.2, 0.25) is 0 Å². The monoisotopic (exact) mass is 238 g/mol. The number of aliphatic hydroxyl groups is 1. The fourth-order valence-corrected chi connectivity index (χ4v) is 1.58. The zero-order valence-corrected chi connectivity index (χ0v) is 9.93. The summed E-state index contributed by atoms with van der Waals surface area (Å²) in [5, 5.41) is 18.4. The Morgan fingerprint density at radius 2 is 1.94 bits per heavy atom. The lowest BCUT2D eigenvalue weighted by atomic mass is 10.1. The first kappa shape index (κ1) is 13.5. The standard InChI is InChI=1S/C13H18O4/c1-17-13(16)12(15)5-3-2-4-10-6-8-11(14)9-7-10/h6-9,12,14-15H,2-5H2,1H3.